The second-order valence-corrected chi connectivity index (χ2v) is 5.61. The lowest BCUT2D eigenvalue weighted by Crippen LogP contribution is -2.36. The van der Waals surface area contributed by atoms with Crippen LogP contribution in [0, 0.1) is 0 Å². The summed E-state index contributed by atoms with van der Waals surface area (Å²) in [6.07, 6.45) is 0. The molecule has 0 atom stereocenters. The smallest absolute Gasteiger partial charge is 0.322 e. The minimum Gasteiger partial charge on any atom is -0.505 e. The van der Waals surface area contributed by atoms with Gasteiger partial charge in [-0.15, -0.1) is 0 Å². The molecule has 3 N–H and O–H groups in total. The predicted octanol–water partition coefficient (Wildman–Crippen LogP) is 0.965. The molecule has 0 unspecified atom stereocenters. The van der Waals surface area contributed by atoms with Crippen molar-refractivity contribution in [1.29, 1.82) is 0 Å². The van der Waals surface area contributed by atoms with Gasteiger partial charge in [-0.1, -0.05) is 11.6 Å². The van der Waals surface area contributed by atoms with Crippen LogP contribution in [0.5, 0.6) is 5.75 Å². The third-order valence-electron chi connectivity index (χ3n) is 3.65. The van der Waals surface area contributed by atoms with Crippen molar-refractivity contribution in [2.24, 2.45) is 7.05 Å². The average Bonchev–Trinajstić information content (AvgIpc) is 2.89. The van der Waals surface area contributed by atoms with E-state index in [-0.39, 0.29) is 5.52 Å². The Morgan fingerprint density at radius 3 is 2.62 bits per heavy atom. The van der Waals surface area contributed by atoms with Gasteiger partial charge in [-0.2, -0.15) is 0 Å². The van der Waals surface area contributed by atoms with Crippen molar-refractivity contribution in [3.8, 4) is 5.75 Å². The van der Waals surface area contributed by atoms with Crippen LogP contribution in [0.15, 0.2) is 29.1 Å². The maximum atomic E-state index is 12.4. The fraction of sp³-hybridized carbons (Fsp3) is 0.133. The van der Waals surface area contributed by atoms with Crippen LogP contribution in [0.3, 0.4) is 0 Å². The molecule has 0 bridgehead atoms. The number of halogens is 1. The number of amides is 1. The number of carboxylic acid groups (broad SMARTS) is 1. The highest BCUT2D eigenvalue weighted by molar-refractivity contribution is 6.31. The third-order valence-corrected chi connectivity index (χ3v) is 3.89. The van der Waals surface area contributed by atoms with Crippen LogP contribution in [0.25, 0.3) is 16.4 Å². The van der Waals surface area contributed by atoms with Crippen molar-refractivity contribution < 1.29 is 19.8 Å². The Balaban J connectivity index is 2.30. The number of fused-ring (bicyclic) bond motifs is 3. The van der Waals surface area contributed by atoms with Crippen molar-refractivity contribution in [3.63, 3.8) is 0 Å². The Bertz CT molecular complexity index is 1070. The first-order chi connectivity index (χ1) is 11.3. The number of aliphatic carboxylic acids is 1. The van der Waals surface area contributed by atoms with E-state index in [4.69, 9.17) is 16.7 Å². The molecule has 2 heterocycles. The molecule has 3 rings (SSSR count). The van der Waals surface area contributed by atoms with Gasteiger partial charge in [-0.05, 0) is 24.3 Å². The summed E-state index contributed by atoms with van der Waals surface area (Å²) in [4.78, 5) is 35.1. The molecule has 0 aliphatic rings. The molecule has 1 amide bonds. The summed E-state index contributed by atoms with van der Waals surface area (Å²) in [5, 5.41) is 22.2. The van der Waals surface area contributed by atoms with Crippen LogP contribution >= 0.6 is 11.6 Å². The molecule has 1 aromatic carbocycles. The first-order valence-corrected chi connectivity index (χ1v) is 7.22. The number of nitrogens with zero attached hydrogens (tertiary/aromatic N) is 2. The number of aromatic hydroxyl groups is 1. The van der Waals surface area contributed by atoms with Gasteiger partial charge in [0, 0.05) is 17.5 Å². The molecule has 24 heavy (non-hydrogen) atoms. The SMILES string of the molecule is Cn1c(=O)c(C(=O)NCC(=O)O)c(O)c2cc3cc(Cl)ccc3n21. The van der Waals surface area contributed by atoms with E-state index in [1.54, 1.807) is 24.3 Å². The molecule has 0 saturated heterocycles. The second kappa shape index (κ2) is 5.57. The van der Waals surface area contributed by atoms with Crippen LogP contribution in [-0.4, -0.2) is 37.8 Å². The summed E-state index contributed by atoms with van der Waals surface area (Å²) in [6, 6.07) is 6.58. The largest absolute Gasteiger partial charge is 0.505 e. The van der Waals surface area contributed by atoms with Gasteiger partial charge in [0.15, 0.2) is 5.75 Å². The number of aryl methyl sites for hydroxylation is 1. The van der Waals surface area contributed by atoms with Gasteiger partial charge in [0.05, 0.1) is 5.52 Å². The summed E-state index contributed by atoms with van der Waals surface area (Å²) in [7, 11) is 1.44. The first-order valence-electron chi connectivity index (χ1n) is 6.84. The van der Waals surface area contributed by atoms with E-state index < -0.39 is 35.3 Å². The zero-order chi connectivity index (χ0) is 17.6. The van der Waals surface area contributed by atoms with Gasteiger partial charge in [0.1, 0.15) is 17.6 Å². The number of rotatable bonds is 3. The van der Waals surface area contributed by atoms with E-state index in [2.05, 4.69) is 5.32 Å². The molecule has 0 saturated carbocycles. The molecule has 8 nitrogen and oxygen atoms in total. The Kier molecular flexibility index (Phi) is 3.69. The highest BCUT2D eigenvalue weighted by atomic mass is 35.5. The van der Waals surface area contributed by atoms with Gasteiger partial charge in [-0.25, -0.2) is 9.20 Å². The zero-order valence-corrected chi connectivity index (χ0v) is 13.2. The number of hydrogen-bond donors (Lipinski definition) is 3. The minimum absolute atomic E-state index is 0.231. The minimum atomic E-state index is -1.26. The summed E-state index contributed by atoms with van der Waals surface area (Å²) >= 11 is 5.95. The molecular formula is C15H12ClN3O5. The highest BCUT2D eigenvalue weighted by Gasteiger charge is 2.23. The van der Waals surface area contributed by atoms with E-state index in [9.17, 15) is 19.5 Å². The van der Waals surface area contributed by atoms with Crippen LogP contribution in [0.4, 0.5) is 0 Å². The maximum absolute atomic E-state index is 12.4. The summed E-state index contributed by atoms with van der Waals surface area (Å²) in [6.45, 7) is -0.662. The van der Waals surface area contributed by atoms with E-state index in [0.717, 1.165) is 0 Å². The number of carboxylic acids is 1. The molecule has 2 aromatic heterocycles. The molecular weight excluding hydrogens is 338 g/mol. The molecule has 3 aromatic rings. The maximum Gasteiger partial charge on any atom is 0.322 e. The zero-order valence-electron chi connectivity index (χ0n) is 12.4. The fourth-order valence-electron chi connectivity index (χ4n) is 2.59. The average molecular weight is 350 g/mol. The van der Waals surface area contributed by atoms with Gasteiger partial charge < -0.3 is 15.5 Å². The Hall–Kier alpha value is -3.00. The number of benzene rings is 1. The predicted molar refractivity (Wildman–Crippen MR) is 86.8 cm³/mol. The number of aromatic nitrogens is 2. The van der Waals surface area contributed by atoms with Crippen LogP contribution in [0.1, 0.15) is 10.4 Å². The molecule has 124 valence electrons. The van der Waals surface area contributed by atoms with E-state index >= 15 is 0 Å². The van der Waals surface area contributed by atoms with Gasteiger partial charge >= 0.3 is 5.97 Å². The van der Waals surface area contributed by atoms with Crippen LogP contribution in [0.2, 0.25) is 5.02 Å². The van der Waals surface area contributed by atoms with E-state index in [1.165, 1.54) is 16.2 Å². The number of nitrogens with one attached hydrogen (secondary N) is 1. The summed E-state index contributed by atoms with van der Waals surface area (Å²) in [5.74, 6) is -2.74. The topological polar surface area (TPSA) is 113 Å². The van der Waals surface area contributed by atoms with Gasteiger partial charge in [0.25, 0.3) is 11.5 Å². The summed E-state index contributed by atoms with van der Waals surface area (Å²) in [5.41, 5.74) is -0.410. The van der Waals surface area contributed by atoms with Gasteiger partial charge in [0.2, 0.25) is 0 Å². The standard InChI is InChI=1S/C15H12ClN3O5/c1-18-15(24)12(14(23)17-6-11(20)21)13(22)10-5-7-4-8(16)2-3-9(7)19(10)18/h2-5,22H,6H2,1H3,(H,17,23)(H,20,21). The summed E-state index contributed by atoms with van der Waals surface area (Å²) < 4.78 is 2.62. The number of carbonyl (C=O) groups excluding carboxylic acids is 1. The molecule has 0 radical (unpaired) electrons. The monoisotopic (exact) mass is 349 g/mol. The highest BCUT2D eigenvalue weighted by Crippen LogP contribution is 2.29. The lowest BCUT2D eigenvalue weighted by Gasteiger charge is -2.11. The molecule has 0 spiro atoms. The van der Waals surface area contributed by atoms with E-state index in [0.29, 0.717) is 15.9 Å². The lowest BCUT2D eigenvalue weighted by atomic mass is 10.2. The van der Waals surface area contributed by atoms with Crippen molar-refractivity contribution in [1.82, 2.24) is 14.5 Å². The Morgan fingerprint density at radius 2 is 1.96 bits per heavy atom. The Labute approximate surface area is 139 Å². The van der Waals surface area contributed by atoms with Crippen molar-refractivity contribution >= 4 is 39.9 Å². The van der Waals surface area contributed by atoms with Crippen molar-refractivity contribution in [3.05, 3.63) is 45.2 Å². The van der Waals surface area contributed by atoms with Crippen molar-refractivity contribution in [2.45, 2.75) is 0 Å². The van der Waals surface area contributed by atoms with Crippen LogP contribution < -0.4 is 10.9 Å². The van der Waals surface area contributed by atoms with E-state index in [1.807, 2.05) is 0 Å². The Morgan fingerprint density at radius 1 is 1.25 bits per heavy atom. The normalized spacial score (nSPS) is 11.1. The van der Waals surface area contributed by atoms with Crippen molar-refractivity contribution in [2.75, 3.05) is 6.54 Å². The number of carbonyl (C=O) groups is 2. The third kappa shape index (κ3) is 2.37. The first kappa shape index (κ1) is 15.9. The number of hydrogen-bond acceptors (Lipinski definition) is 4. The lowest BCUT2D eigenvalue weighted by molar-refractivity contribution is -0.135. The van der Waals surface area contributed by atoms with Gasteiger partial charge in [-0.3, -0.25) is 14.4 Å². The molecule has 0 aliphatic heterocycles. The van der Waals surface area contributed by atoms with Crippen LogP contribution in [-0.2, 0) is 11.8 Å². The second-order valence-electron chi connectivity index (χ2n) is 5.17. The molecule has 0 aliphatic carbocycles. The fourth-order valence-corrected chi connectivity index (χ4v) is 2.78. The molecule has 0 fully saturated rings. The molecule has 9 heteroatoms. The quantitative estimate of drug-likeness (QED) is 0.652.